The lowest BCUT2D eigenvalue weighted by Gasteiger charge is -2.28. The maximum atomic E-state index is 13.6. The van der Waals surface area contributed by atoms with Crippen molar-refractivity contribution in [3.05, 3.63) is 23.1 Å². The minimum Gasteiger partial charge on any atom is -0.481 e. The molecule has 0 spiro atoms. The normalized spacial score (nSPS) is 12.1. The van der Waals surface area contributed by atoms with Crippen molar-refractivity contribution in [1.82, 2.24) is 5.32 Å². The Labute approximate surface area is 627 Å². The summed E-state index contributed by atoms with van der Waals surface area (Å²) in [5.74, 6) is -2.26. The molecule has 0 fully saturated rings. The van der Waals surface area contributed by atoms with Crippen molar-refractivity contribution in [3.63, 3.8) is 0 Å². The summed E-state index contributed by atoms with van der Waals surface area (Å²) in [7, 11) is 0. The van der Waals surface area contributed by atoms with Crippen LogP contribution in [0.4, 0.5) is 0 Å². The minimum absolute atomic E-state index is 0.206. The van der Waals surface area contributed by atoms with Crippen LogP contribution < -0.4 is 5.32 Å². The van der Waals surface area contributed by atoms with Crippen molar-refractivity contribution in [2.24, 2.45) is 10.5 Å². The molecule has 0 aromatic carbocycles. The number of hydrogen-bond donors (Lipinski definition) is 3. The number of unbranched alkanes of at least 4 members (excludes halogenated alkanes) is 14. The van der Waals surface area contributed by atoms with E-state index in [1.165, 1.54) is 6.42 Å². The number of carbonyl (C=O) groups excluding carboxylic acids is 1. The van der Waals surface area contributed by atoms with E-state index < -0.39 is 23.3 Å². The Morgan fingerprint density at radius 2 is 0.505 bits per heavy atom. The quantitative estimate of drug-likeness (QED) is 0.0132. The molecule has 620 valence electrons. The highest BCUT2D eigenvalue weighted by atomic mass is 16.6. The van der Waals surface area contributed by atoms with Gasteiger partial charge in [-0.2, -0.15) is 0 Å². The molecule has 0 aliphatic rings. The summed E-state index contributed by atoms with van der Waals surface area (Å²) < 4.78 is 127. The SMILES string of the molecule is C=CCCCCCCCCCC(CCCCCCCCCCC(=O)O)(C(=O)O)C(=O)NCCOCCOCCOCCOCCOCCOCCOCCOCCOCCOCCOCCOCCOCCOCCOCCOCCOCCOCCOCCOCCOCCOCCOCCN=[N+]=[N-]. The summed E-state index contributed by atoms with van der Waals surface area (Å²) in [5.41, 5.74) is 6.72. The van der Waals surface area contributed by atoms with Gasteiger partial charge in [0.1, 0.15) is 5.41 Å². The number of nitrogens with zero attached hydrogens (tertiary/aromatic N) is 3. The fourth-order valence-electron chi connectivity index (χ4n) is 9.52. The smallest absolute Gasteiger partial charge is 0.319 e. The molecule has 0 aliphatic heterocycles. The van der Waals surface area contributed by atoms with Crippen LogP contribution in [0, 0.1) is 5.41 Å². The highest BCUT2D eigenvalue weighted by molar-refractivity contribution is 6.01. The molecular weight excluding hydrogens is 1380 g/mol. The maximum Gasteiger partial charge on any atom is 0.319 e. The first kappa shape index (κ1) is 102. The Kier molecular flexibility index (Phi) is 86.5. The zero-order valence-electron chi connectivity index (χ0n) is 64.0. The molecular formula is C73H140N4O28. The Morgan fingerprint density at radius 1 is 0.305 bits per heavy atom. The zero-order valence-corrected chi connectivity index (χ0v) is 64.0. The van der Waals surface area contributed by atoms with E-state index in [0.29, 0.717) is 336 Å². The first-order chi connectivity index (χ1) is 51.9. The molecule has 1 atom stereocenters. The summed E-state index contributed by atoms with van der Waals surface area (Å²) in [5, 5.41) is 25.5. The molecule has 0 aromatic heterocycles. The summed E-state index contributed by atoms with van der Waals surface area (Å²) in [6, 6.07) is 0. The predicted molar refractivity (Wildman–Crippen MR) is 391 cm³/mol. The fourth-order valence-corrected chi connectivity index (χ4v) is 9.52. The van der Waals surface area contributed by atoms with Gasteiger partial charge < -0.3 is 124 Å². The van der Waals surface area contributed by atoms with Crippen molar-refractivity contribution < 1.29 is 134 Å². The highest BCUT2D eigenvalue weighted by Gasteiger charge is 2.44. The molecule has 3 N–H and O–H groups in total. The molecule has 32 nitrogen and oxygen atoms in total. The summed E-state index contributed by atoms with van der Waals surface area (Å²) in [6.45, 7) is 25.1. The van der Waals surface area contributed by atoms with Crippen molar-refractivity contribution >= 4 is 17.8 Å². The van der Waals surface area contributed by atoms with E-state index in [-0.39, 0.29) is 19.6 Å². The zero-order chi connectivity index (χ0) is 75.7. The third-order valence-electron chi connectivity index (χ3n) is 15.2. The molecule has 0 rings (SSSR count). The van der Waals surface area contributed by atoms with E-state index in [9.17, 15) is 19.5 Å². The molecule has 0 aromatic rings. The van der Waals surface area contributed by atoms with Crippen LogP contribution in [0.15, 0.2) is 17.8 Å². The maximum absolute atomic E-state index is 13.6. The standard InChI is InChI=1S/C73H140N4O28/c1-2-3-4-5-6-8-11-14-17-20-73(72(81)82,21-18-15-12-9-7-10-13-16-19-70(78)79)71(80)75-22-24-83-26-28-85-30-32-87-34-36-89-38-40-91-42-44-93-46-48-95-50-52-97-54-56-99-58-60-101-62-64-103-66-68-105-69-67-104-65-63-102-61-59-100-57-55-98-53-51-96-49-47-94-45-43-92-41-39-90-37-35-88-33-31-86-29-27-84-25-23-76-77-74/h2H,1,3-69H2,(H,75,80)(H,78,79)(H,81,82). The molecule has 32 heteroatoms. The van der Waals surface area contributed by atoms with Crippen LogP contribution in [-0.4, -0.2) is 345 Å². The van der Waals surface area contributed by atoms with E-state index in [1.807, 2.05) is 6.08 Å². The second-order valence-electron chi connectivity index (χ2n) is 23.7. The lowest BCUT2D eigenvalue weighted by Crippen LogP contribution is -2.47. The van der Waals surface area contributed by atoms with Gasteiger partial charge in [-0.3, -0.25) is 14.4 Å². The first-order valence-electron chi connectivity index (χ1n) is 38.5. The van der Waals surface area contributed by atoms with Crippen molar-refractivity contribution in [2.45, 2.75) is 122 Å². The van der Waals surface area contributed by atoms with Gasteiger partial charge in [0.15, 0.2) is 0 Å². The number of allylic oxidation sites excluding steroid dienone is 1. The lowest BCUT2D eigenvalue weighted by atomic mass is 9.76. The molecule has 0 bridgehead atoms. The van der Waals surface area contributed by atoms with E-state index in [1.54, 1.807) is 0 Å². The van der Waals surface area contributed by atoms with Gasteiger partial charge in [-0.25, -0.2) is 0 Å². The van der Waals surface area contributed by atoms with Crippen LogP contribution in [0.1, 0.15) is 122 Å². The van der Waals surface area contributed by atoms with Crippen LogP contribution in [0.2, 0.25) is 0 Å². The first-order valence-corrected chi connectivity index (χ1v) is 38.5. The van der Waals surface area contributed by atoms with Crippen LogP contribution in [0.25, 0.3) is 10.4 Å². The van der Waals surface area contributed by atoms with Gasteiger partial charge in [0.25, 0.3) is 0 Å². The van der Waals surface area contributed by atoms with E-state index in [4.69, 9.17) is 120 Å². The van der Waals surface area contributed by atoms with Crippen molar-refractivity contribution in [3.8, 4) is 0 Å². The van der Waals surface area contributed by atoms with Gasteiger partial charge in [-0.1, -0.05) is 94.7 Å². The fraction of sp³-hybridized carbons (Fsp3) is 0.932. The van der Waals surface area contributed by atoms with Gasteiger partial charge >= 0.3 is 11.9 Å². The van der Waals surface area contributed by atoms with Crippen molar-refractivity contribution in [2.75, 3.05) is 317 Å². The second-order valence-corrected chi connectivity index (χ2v) is 23.7. The third kappa shape index (κ3) is 81.4. The molecule has 1 unspecified atom stereocenters. The van der Waals surface area contributed by atoms with Crippen LogP contribution in [0.5, 0.6) is 0 Å². The summed E-state index contributed by atoms with van der Waals surface area (Å²) in [4.78, 5) is 39.7. The van der Waals surface area contributed by atoms with E-state index in [0.717, 1.165) is 77.0 Å². The third-order valence-corrected chi connectivity index (χ3v) is 15.2. The Balaban J connectivity index is 3.43. The molecule has 0 aliphatic carbocycles. The number of ether oxygens (including phenoxy) is 23. The Morgan fingerprint density at radius 3 is 0.714 bits per heavy atom. The number of hydrogen-bond acceptors (Lipinski definition) is 27. The van der Waals surface area contributed by atoms with E-state index >= 15 is 0 Å². The molecule has 0 radical (unpaired) electrons. The summed E-state index contributed by atoms with van der Waals surface area (Å²) in [6.07, 6.45) is 18.1. The van der Waals surface area contributed by atoms with Gasteiger partial charge in [0, 0.05) is 24.4 Å². The number of aliphatic carboxylic acids is 2. The van der Waals surface area contributed by atoms with Gasteiger partial charge in [0.05, 0.1) is 304 Å². The highest BCUT2D eigenvalue weighted by Crippen LogP contribution is 2.33. The second kappa shape index (κ2) is 89.4. The lowest BCUT2D eigenvalue weighted by molar-refractivity contribution is -0.157. The van der Waals surface area contributed by atoms with Crippen LogP contribution >= 0.6 is 0 Å². The molecule has 0 heterocycles. The number of azide groups is 1. The molecule has 0 saturated heterocycles. The monoisotopic (exact) mass is 1520 g/mol. The van der Waals surface area contributed by atoms with Gasteiger partial charge in [-0.15, -0.1) is 6.58 Å². The molecule has 105 heavy (non-hydrogen) atoms. The molecule has 1 amide bonds. The van der Waals surface area contributed by atoms with Gasteiger partial charge in [-0.05, 0) is 37.6 Å². The topological polar surface area (TPSA) is 365 Å². The minimum atomic E-state index is -1.47. The van der Waals surface area contributed by atoms with E-state index in [2.05, 4.69) is 21.9 Å². The average molecular weight is 1520 g/mol. The number of carbonyl (C=O) groups is 3. The Bertz CT molecular complexity index is 1840. The molecule has 0 saturated carbocycles. The van der Waals surface area contributed by atoms with Crippen LogP contribution in [-0.2, 0) is 123 Å². The van der Waals surface area contributed by atoms with Gasteiger partial charge in [0.2, 0.25) is 5.91 Å². The number of rotatable bonds is 95. The largest absolute Gasteiger partial charge is 0.481 e. The number of amides is 1. The number of nitrogens with one attached hydrogen (secondary N) is 1. The predicted octanol–water partition coefficient (Wildman–Crippen LogP) is 7.55. The number of carboxylic acids is 2. The van der Waals surface area contributed by atoms with Crippen LogP contribution in [0.3, 0.4) is 0 Å². The Hall–Kier alpha value is -3.46. The summed E-state index contributed by atoms with van der Waals surface area (Å²) >= 11 is 0. The van der Waals surface area contributed by atoms with Crippen molar-refractivity contribution in [1.29, 1.82) is 0 Å². The number of carboxylic acid groups (broad SMARTS) is 2. The average Bonchev–Trinajstić information content (AvgIpc) is 0.822.